The number of piperidine rings is 1. The number of alkyl halides is 1. The third-order valence-electron chi connectivity index (χ3n) is 3.22. The zero-order chi connectivity index (χ0) is 13.0. The minimum atomic E-state index is 0.509. The van der Waals surface area contributed by atoms with Gasteiger partial charge in [0.25, 0.3) is 0 Å². The van der Waals surface area contributed by atoms with Gasteiger partial charge in [0.1, 0.15) is 0 Å². The van der Waals surface area contributed by atoms with Crippen LogP contribution in [0.2, 0.25) is 0 Å². The van der Waals surface area contributed by atoms with Crippen molar-refractivity contribution in [3.63, 3.8) is 0 Å². The molecule has 100 valence electrons. The van der Waals surface area contributed by atoms with Crippen LogP contribution < -0.4 is 9.64 Å². The quantitative estimate of drug-likeness (QED) is 0.801. The Bertz CT molecular complexity index is 388. The van der Waals surface area contributed by atoms with Crippen LogP contribution in [-0.4, -0.2) is 34.5 Å². The average Bonchev–Trinajstić information content (AvgIpc) is 2.40. The molecule has 2 heterocycles. The molecular weight excluding hydrogens is 294 g/mol. The Kier molecular flexibility index (Phi) is 4.80. The van der Waals surface area contributed by atoms with Gasteiger partial charge in [-0.3, -0.25) is 0 Å². The lowest BCUT2D eigenvalue weighted by molar-refractivity contribution is 0.304. The normalized spacial score (nSPS) is 24.1. The van der Waals surface area contributed by atoms with Crippen LogP contribution in [0.15, 0.2) is 12.3 Å². The number of hydrogen-bond acceptors (Lipinski definition) is 4. The number of rotatable bonds is 4. The number of nitrogens with zero attached hydrogens (tertiary/aromatic N) is 3. The Morgan fingerprint density at radius 3 is 3.11 bits per heavy atom. The Hall–Kier alpha value is -0.840. The molecule has 2 rings (SSSR count). The second-order valence-electron chi connectivity index (χ2n) is 4.77. The van der Waals surface area contributed by atoms with Gasteiger partial charge < -0.3 is 9.64 Å². The van der Waals surface area contributed by atoms with Crippen LogP contribution in [-0.2, 0) is 0 Å². The van der Waals surface area contributed by atoms with Crippen LogP contribution in [0.5, 0.6) is 5.88 Å². The highest BCUT2D eigenvalue weighted by Crippen LogP contribution is 2.26. The van der Waals surface area contributed by atoms with Gasteiger partial charge in [-0.2, -0.15) is 4.98 Å². The van der Waals surface area contributed by atoms with E-state index in [-0.39, 0.29) is 0 Å². The molecule has 1 fully saturated rings. The molecule has 1 aromatic heterocycles. The largest absolute Gasteiger partial charge is 0.478 e. The van der Waals surface area contributed by atoms with Gasteiger partial charge >= 0.3 is 0 Å². The Morgan fingerprint density at radius 1 is 1.56 bits per heavy atom. The van der Waals surface area contributed by atoms with Crippen molar-refractivity contribution in [2.45, 2.75) is 31.5 Å². The molecule has 0 aromatic carbocycles. The summed E-state index contributed by atoms with van der Waals surface area (Å²) in [5.41, 5.74) is 0. The van der Waals surface area contributed by atoms with Crippen molar-refractivity contribution in [3.05, 3.63) is 12.3 Å². The van der Waals surface area contributed by atoms with E-state index in [0.29, 0.717) is 23.2 Å². The molecule has 2 atom stereocenters. The predicted octanol–water partition coefficient (Wildman–Crippen LogP) is 2.88. The lowest BCUT2D eigenvalue weighted by Gasteiger charge is -2.34. The molecule has 0 N–H and O–H groups in total. The number of anilines is 1. The summed E-state index contributed by atoms with van der Waals surface area (Å²) in [7, 11) is 0. The lowest BCUT2D eigenvalue weighted by atomic mass is 9.99. The molecule has 0 radical (unpaired) electrons. The monoisotopic (exact) mass is 313 g/mol. The van der Waals surface area contributed by atoms with Gasteiger partial charge in [0.05, 0.1) is 6.61 Å². The van der Waals surface area contributed by atoms with Gasteiger partial charge in [0, 0.05) is 30.2 Å². The standard InChI is InChI=1S/C13H20BrN3O/c1-3-8-18-12-4-6-15-13(16-12)17-7-5-10(2)11(14)9-17/h4,6,10-11H,3,5,7-9H2,1-2H3. The van der Waals surface area contributed by atoms with Gasteiger partial charge in [0.15, 0.2) is 0 Å². The molecule has 0 saturated carbocycles. The van der Waals surface area contributed by atoms with Crippen molar-refractivity contribution < 1.29 is 4.74 Å². The first-order chi connectivity index (χ1) is 8.70. The maximum Gasteiger partial charge on any atom is 0.228 e. The first kappa shape index (κ1) is 13.6. The van der Waals surface area contributed by atoms with E-state index in [1.165, 1.54) is 6.42 Å². The van der Waals surface area contributed by atoms with Gasteiger partial charge in [0.2, 0.25) is 11.8 Å². The smallest absolute Gasteiger partial charge is 0.228 e. The maximum atomic E-state index is 5.55. The SMILES string of the molecule is CCCOc1ccnc(N2CCC(C)C(Br)C2)n1. The minimum absolute atomic E-state index is 0.509. The lowest BCUT2D eigenvalue weighted by Crippen LogP contribution is -2.41. The Labute approximate surface area is 117 Å². The fourth-order valence-corrected chi connectivity index (χ4v) is 2.59. The molecule has 1 aliphatic rings. The van der Waals surface area contributed by atoms with Crippen LogP contribution in [0, 0.1) is 5.92 Å². The van der Waals surface area contributed by atoms with Crippen LogP contribution in [0.25, 0.3) is 0 Å². The van der Waals surface area contributed by atoms with E-state index in [0.717, 1.165) is 25.5 Å². The summed E-state index contributed by atoms with van der Waals surface area (Å²) in [4.78, 5) is 11.5. The molecule has 0 spiro atoms. The van der Waals surface area contributed by atoms with Crippen molar-refractivity contribution in [1.82, 2.24) is 9.97 Å². The van der Waals surface area contributed by atoms with Gasteiger partial charge in [-0.15, -0.1) is 0 Å². The van der Waals surface area contributed by atoms with Crippen LogP contribution >= 0.6 is 15.9 Å². The summed E-state index contributed by atoms with van der Waals surface area (Å²) in [5, 5.41) is 0. The second kappa shape index (κ2) is 6.36. The minimum Gasteiger partial charge on any atom is -0.478 e. The van der Waals surface area contributed by atoms with Crippen LogP contribution in [0.1, 0.15) is 26.7 Å². The molecule has 0 amide bonds. The molecule has 2 unspecified atom stereocenters. The summed E-state index contributed by atoms with van der Waals surface area (Å²) >= 11 is 3.72. The van der Waals surface area contributed by atoms with Crippen LogP contribution in [0.3, 0.4) is 0 Å². The number of aromatic nitrogens is 2. The van der Waals surface area contributed by atoms with E-state index in [1.807, 2.05) is 6.07 Å². The molecule has 1 aliphatic heterocycles. The zero-order valence-electron chi connectivity index (χ0n) is 11.0. The fourth-order valence-electron chi connectivity index (χ4n) is 1.98. The molecule has 4 nitrogen and oxygen atoms in total. The first-order valence-corrected chi connectivity index (χ1v) is 7.47. The third kappa shape index (κ3) is 3.34. The maximum absolute atomic E-state index is 5.55. The van der Waals surface area contributed by atoms with E-state index < -0.39 is 0 Å². The highest BCUT2D eigenvalue weighted by Gasteiger charge is 2.25. The van der Waals surface area contributed by atoms with Crippen molar-refractivity contribution in [1.29, 1.82) is 0 Å². The first-order valence-electron chi connectivity index (χ1n) is 6.55. The van der Waals surface area contributed by atoms with Gasteiger partial charge in [-0.05, 0) is 18.8 Å². The van der Waals surface area contributed by atoms with E-state index in [4.69, 9.17) is 4.74 Å². The molecular formula is C13H20BrN3O. The topological polar surface area (TPSA) is 38.2 Å². The van der Waals surface area contributed by atoms with Crippen molar-refractivity contribution in [2.24, 2.45) is 5.92 Å². The Morgan fingerprint density at radius 2 is 2.39 bits per heavy atom. The molecule has 18 heavy (non-hydrogen) atoms. The summed E-state index contributed by atoms with van der Waals surface area (Å²) in [5.74, 6) is 2.16. The zero-order valence-corrected chi connectivity index (χ0v) is 12.6. The molecule has 1 saturated heterocycles. The summed E-state index contributed by atoms with van der Waals surface area (Å²) in [6.45, 7) is 7.04. The summed E-state index contributed by atoms with van der Waals surface area (Å²) in [6, 6.07) is 1.82. The molecule has 0 aliphatic carbocycles. The van der Waals surface area contributed by atoms with Crippen molar-refractivity contribution in [2.75, 3.05) is 24.6 Å². The number of hydrogen-bond donors (Lipinski definition) is 0. The second-order valence-corrected chi connectivity index (χ2v) is 5.95. The van der Waals surface area contributed by atoms with Gasteiger partial charge in [-0.1, -0.05) is 29.8 Å². The fraction of sp³-hybridized carbons (Fsp3) is 0.692. The predicted molar refractivity (Wildman–Crippen MR) is 76.5 cm³/mol. The van der Waals surface area contributed by atoms with Crippen molar-refractivity contribution in [3.8, 4) is 5.88 Å². The highest BCUT2D eigenvalue weighted by atomic mass is 79.9. The molecule has 1 aromatic rings. The van der Waals surface area contributed by atoms with E-state index in [9.17, 15) is 0 Å². The number of halogens is 1. The Balaban J connectivity index is 2.04. The van der Waals surface area contributed by atoms with Crippen molar-refractivity contribution >= 4 is 21.9 Å². The van der Waals surface area contributed by atoms with E-state index >= 15 is 0 Å². The average molecular weight is 314 g/mol. The number of ether oxygens (including phenoxy) is 1. The molecule has 0 bridgehead atoms. The highest BCUT2D eigenvalue weighted by molar-refractivity contribution is 9.09. The van der Waals surface area contributed by atoms with Crippen LogP contribution in [0.4, 0.5) is 5.95 Å². The van der Waals surface area contributed by atoms with E-state index in [2.05, 4.69) is 44.6 Å². The molecule has 5 heteroatoms. The summed E-state index contributed by atoms with van der Waals surface area (Å²) < 4.78 is 5.55. The van der Waals surface area contributed by atoms with Gasteiger partial charge in [-0.25, -0.2) is 4.98 Å². The van der Waals surface area contributed by atoms with E-state index in [1.54, 1.807) is 6.20 Å². The third-order valence-corrected chi connectivity index (χ3v) is 4.41. The summed E-state index contributed by atoms with van der Waals surface area (Å²) in [6.07, 6.45) is 3.93.